The van der Waals surface area contributed by atoms with Crippen molar-refractivity contribution >= 4 is 22.5 Å². The van der Waals surface area contributed by atoms with Crippen LogP contribution < -0.4 is 15.6 Å². The second-order valence-electron chi connectivity index (χ2n) is 6.68. The van der Waals surface area contributed by atoms with Crippen LogP contribution in [0.15, 0.2) is 47.3 Å². The molecular weight excluding hydrogens is 344 g/mol. The van der Waals surface area contributed by atoms with Crippen LogP contribution in [0.3, 0.4) is 0 Å². The Kier molecular flexibility index (Phi) is 4.11. The second-order valence-corrected chi connectivity index (χ2v) is 6.68. The molecule has 0 spiro atoms. The Morgan fingerprint density at radius 3 is 2.70 bits per heavy atom. The first-order chi connectivity index (χ1) is 13.0. The van der Waals surface area contributed by atoms with E-state index in [0.717, 1.165) is 5.56 Å². The molecule has 6 nitrogen and oxygen atoms in total. The van der Waals surface area contributed by atoms with E-state index in [9.17, 15) is 14.7 Å². The first-order valence-electron chi connectivity index (χ1n) is 8.94. The van der Waals surface area contributed by atoms with E-state index in [-0.39, 0.29) is 17.4 Å². The predicted octanol–water partition coefficient (Wildman–Crippen LogP) is 3.48. The molecule has 2 aromatic carbocycles. The molecule has 0 saturated heterocycles. The van der Waals surface area contributed by atoms with Gasteiger partial charge in [-0.1, -0.05) is 12.1 Å². The molecule has 0 bridgehead atoms. The molecular formula is C21H20N2O4. The number of hydrogen-bond acceptors (Lipinski definition) is 4. The highest BCUT2D eigenvalue weighted by molar-refractivity contribution is 6.09. The number of aromatic hydroxyl groups is 1. The molecule has 27 heavy (non-hydrogen) atoms. The summed E-state index contributed by atoms with van der Waals surface area (Å²) in [7, 11) is 0. The first kappa shape index (κ1) is 17.1. The summed E-state index contributed by atoms with van der Waals surface area (Å²) >= 11 is 0. The lowest BCUT2D eigenvalue weighted by atomic mass is 10.1. The molecule has 1 aliphatic rings. The van der Waals surface area contributed by atoms with E-state index in [0.29, 0.717) is 35.4 Å². The van der Waals surface area contributed by atoms with E-state index >= 15 is 0 Å². The number of anilines is 1. The molecule has 0 fully saturated rings. The van der Waals surface area contributed by atoms with Crippen molar-refractivity contribution in [2.24, 2.45) is 0 Å². The fraction of sp³-hybridized carbons (Fsp3) is 0.238. The van der Waals surface area contributed by atoms with Gasteiger partial charge in [-0.25, -0.2) is 0 Å². The summed E-state index contributed by atoms with van der Waals surface area (Å²) in [5, 5.41) is 13.9. The topological polar surface area (TPSA) is 80.6 Å². The number of pyridine rings is 1. The van der Waals surface area contributed by atoms with Gasteiger partial charge in [-0.15, -0.1) is 0 Å². The largest absolute Gasteiger partial charge is 0.506 e. The minimum absolute atomic E-state index is 0.0602. The molecule has 2 heterocycles. The van der Waals surface area contributed by atoms with Crippen molar-refractivity contribution in [1.29, 1.82) is 0 Å². The summed E-state index contributed by atoms with van der Waals surface area (Å²) in [6.07, 6.45) is 0.704. The zero-order valence-corrected chi connectivity index (χ0v) is 15.2. The van der Waals surface area contributed by atoms with Crippen LogP contribution in [0.1, 0.15) is 35.8 Å². The van der Waals surface area contributed by atoms with E-state index in [2.05, 4.69) is 5.32 Å². The third-order valence-corrected chi connectivity index (χ3v) is 4.89. The number of nitrogens with one attached hydrogen (secondary N) is 1. The van der Waals surface area contributed by atoms with Crippen molar-refractivity contribution in [1.82, 2.24) is 4.57 Å². The molecule has 1 unspecified atom stereocenters. The molecule has 0 saturated carbocycles. The molecule has 6 heteroatoms. The van der Waals surface area contributed by atoms with Gasteiger partial charge in [0.25, 0.3) is 11.5 Å². The summed E-state index contributed by atoms with van der Waals surface area (Å²) in [5.41, 5.74) is 1.53. The van der Waals surface area contributed by atoms with Gasteiger partial charge in [0, 0.05) is 17.1 Å². The van der Waals surface area contributed by atoms with Gasteiger partial charge in [0.2, 0.25) is 0 Å². The van der Waals surface area contributed by atoms with Gasteiger partial charge in [0.15, 0.2) is 0 Å². The number of para-hydroxylation sites is 1. The van der Waals surface area contributed by atoms with Crippen LogP contribution in [-0.4, -0.2) is 22.2 Å². The maximum Gasteiger partial charge on any atom is 0.268 e. The highest BCUT2D eigenvalue weighted by Crippen LogP contribution is 2.36. The molecule has 1 aromatic heterocycles. The summed E-state index contributed by atoms with van der Waals surface area (Å²) in [6, 6.07) is 12.3. The van der Waals surface area contributed by atoms with Gasteiger partial charge in [0.1, 0.15) is 17.1 Å². The molecule has 1 aliphatic heterocycles. The summed E-state index contributed by atoms with van der Waals surface area (Å²) in [4.78, 5) is 25.8. The third-order valence-electron chi connectivity index (χ3n) is 4.89. The number of benzene rings is 2. The normalized spacial score (nSPS) is 15.1. The van der Waals surface area contributed by atoms with Crippen LogP contribution >= 0.6 is 0 Å². The van der Waals surface area contributed by atoms with Crippen LogP contribution in [0.25, 0.3) is 10.9 Å². The van der Waals surface area contributed by atoms with Crippen LogP contribution in [0, 0.1) is 0 Å². The van der Waals surface area contributed by atoms with E-state index in [1.54, 1.807) is 34.9 Å². The number of ether oxygens (including phenoxy) is 1. The third kappa shape index (κ3) is 2.73. The second kappa shape index (κ2) is 6.46. The van der Waals surface area contributed by atoms with Crippen LogP contribution in [0.5, 0.6) is 11.5 Å². The number of aromatic nitrogens is 1. The van der Waals surface area contributed by atoms with Gasteiger partial charge < -0.3 is 19.7 Å². The quantitative estimate of drug-likeness (QED) is 0.743. The van der Waals surface area contributed by atoms with Gasteiger partial charge in [-0.05, 0) is 56.2 Å². The summed E-state index contributed by atoms with van der Waals surface area (Å²) < 4.78 is 6.99. The monoisotopic (exact) mass is 364 g/mol. The zero-order valence-electron chi connectivity index (χ0n) is 15.2. The highest BCUT2D eigenvalue weighted by Gasteiger charge is 2.29. The fourth-order valence-electron chi connectivity index (χ4n) is 3.72. The summed E-state index contributed by atoms with van der Waals surface area (Å²) in [6.45, 7) is 4.38. The highest BCUT2D eigenvalue weighted by atomic mass is 16.5. The van der Waals surface area contributed by atoms with E-state index in [1.807, 2.05) is 26.0 Å². The fourth-order valence-corrected chi connectivity index (χ4v) is 3.72. The van der Waals surface area contributed by atoms with E-state index < -0.39 is 11.5 Å². The number of carbonyl (C=O) groups excluding carboxylic acids is 1. The van der Waals surface area contributed by atoms with Gasteiger partial charge in [-0.3, -0.25) is 9.59 Å². The van der Waals surface area contributed by atoms with Crippen molar-refractivity contribution in [2.45, 2.75) is 26.3 Å². The molecule has 138 valence electrons. The Labute approximate surface area is 156 Å². The van der Waals surface area contributed by atoms with Gasteiger partial charge >= 0.3 is 0 Å². The van der Waals surface area contributed by atoms with Crippen LogP contribution in [0.4, 0.5) is 5.69 Å². The Morgan fingerprint density at radius 1 is 1.26 bits per heavy atom. The predicted molar refractivity (Wildman–Crippen MR) is 104 cm³/mol. The number of amides is 1. The maximum absolute atomic E-state index is 13.0. The van der Waals surface area contributed by atoms with Crippen molar-refractivity contribution in [3.05, 3.63) is 63.9 Å². The lowest BCUT2D eigenvalue weighted by Crippen LogP contribution is -2.30. The lowest BCUT2D eigenvalue weighted by Gasteiger charge is -2.14. The number of carbonyl (C=O) groups is 1. The molecule has 1 atom stereocenters. The number of rotatable bonds is 4. The van der Waals surface area contributed by atoms with Crippen molar-refractivity contribution in [3.8, 4) is 11.5 Å². The lowest BCUT2D eigenvalue weighted by molar-refractivity contribution is 0.102. The Balaban J connectivity index is 1.76. The average Bonchev–Trinajstić information content (AvgIpc) is 2.98. The standard InChI is InChI=1S/C21H20N2O4/c1-3-27-15-9-7-14(8-10-15)22-20(25)17-19(24)16-6-4-5-13-11-12(2)23(18(13)16)21(17)26/h4-10,12,24H,3,11H2,1-2H3,(H,22,25). The van der Waals surface area contributed by atoms with Crippen molar-refractivity contribution in [2.75, 3.05) is 11.9 Å². The molecule has 2 N–H and O–H groups in total. The molecule has 0 radical (unpaired) electrons. The van der Waals surface area contributed by atoms with Gasteiger partial charge in [-0.2, -0.15) is 0 Å². The molecule has 4 rings (SSSR count). The van der Waals surface area contributed by atoms with Crippen molar-refractivity contribution in [3.63, 3.8) is 0 Å². The smallest absolute Gasteiger partial charge is 0.268 e. The minimum Gasteiger partial charge on any atom is -0.506 e. The van der Waals surface area contributed by atoms with E-state index in [1.165, 1.54) is 0 Å². The number of nitrogens with zero attached hydrogens (tertiary/aromatic N) is 1. The van der Waals surface area contributed by atoms with E-state index in [4.69, 9.17) is 4.74 Å². The number of hydrogen-bond donors (Lipinski definition) is 2. The molecule has 3 aromatic rings. The minimum atomic E-state index is -0.628. The Bertz CT molecular complexity index is 1100. The maximum atomic E-state index is 13.0. The van der Waals surface area contributed by atoms with Crippen LogP contribution in [0.2, 0.25) is 0 Å². The average molecular weight is 364 g/mol. The van der Waals surface area contributed by atoms with Gasteiger partial charge in [0.05, 0.1) is 12.1 Å². The first-order valence-corrected chi connectivity index (χ1v) is 8.94. The summed E-state index contributed by atoms with van der Waals surface area (Å²) in [5.74, 6) is -0.207. The Morgan fingerprint density at radius 2 is 2.00 bits per heavy atom. The van der Waals surface area contributed by atoms with Crippen molar-refractivity contribution < 1.29 is 14.6 Å². The molecule has 1 amide bonds. The SMILES string of the molecule is CCOc1ccc(NC(=O)c2c(O)c3cccc4c3n(c2=O)C(C)C4)cc1. The van der Waals surface area contributed by atoms with Crippen LogP contribution in [-0.2, 0) is 6.42 Å². The molecule has 0 aliphatic carbocycles. The Hall–Kier alpha value is -3.28. The zero-order chi connectivity index (χ0) is 19.1.